The molecule has 3 heteroatoms. The Morgan fingerprint density at radius 3 is 2.57 bits per heavy atom. The minimum Gasteiger partial charge on any atom is -0.356 e. The molecule has 2 atom stereocenters. The van der Waals surface area contributed by atoms with Gasteiger partial charge in [-0.05, 0) is 37.6 Å². The van der Waals surface area contributed by atoms with Crippen molar-refractivity contribution >= 4 is 5.91 Å². The van der Waals surface area contributed by atoms with Gasteiger partial charge in [-0.25, -0.2) is 0 Å². The van der Waals surface area contributed by atoms with Crippen LogP contribution in [0.2, 0.25) is 0 Å². The maximum Gasteiger partial charge on any atom is 0.222 e. The van der Waals surface area contributed by atoms with Gasteiger partial charge < -0.3 is 11.1 Å². The number of carbonyl (C=O) groups is 1. The van der Waals surface area contributed by atoms with E-state index in [2.05, 4.69) is 5.32 Å². The first-order valence-electron chi connectivity index (χ1n) is 5.61. The lowest BCUT2D eigenvalue weighted by atomic mass is 10.0. The zero-order valence-corrected chi connectivity index (χ0v) is 9.25. The summed E-state index contributed by atoms with van der Waals surface area (Å²) in [7, 11) is 0. The largest absolute Gasteiger partial charge is 0.356 e. The predicted octanol–water partition coefficient (Wildman–Crippen LogP) is 1.13. The smallest absolute Gasteiger partial charge is 0.222 e. The Bertz CT molecular complexity index is 192. The highest BCUT2D eigenvalue weighted by atomic mass is 16.1. The lowest BCUT2D eigenvalue weighted by Gasteiger charge is -2.12. The molecule has 1 fully saturated rings. The van der Waals surface area contributed by atoms with Gasteiger partial charge in [0, 0.05) is 12.5 Å². The molecule has 1 aliphatic rings. The van der Waals surface area contributed by atoms with Crippen LogP contribution in [0.3, 0.4) is 0 Å². The van der Waals surface area contributed by atoms with Gasteiger partial charge in [-0.3, -0.25) is 4.79 Å². The van der Waals surface area contributed by atoms with Gasteiger partial charge in [0.25, 0.3) is 0 Å². The van der Waals surface area contributed by atoms with Crippen molar-refractivity contribution in [3.05, 3.63) is 0 Å². The Labute approximate surface area is 86.4 Å². The molecule has 0 spiro atoms. The van der Waals surface area contributed by atoms with Crippen molar-refractivity contribution in [1.29, 1.82) is 0 Å². The molecule has 14 heavy (non-hydrogen) atoms. The summed E-state index contributed by atoms with van der Waals surface area (Å²) in [5, 5.41) is 2.99. The highest BCUT2D eigenvalue weighted by Gasteiger charge is 2.23. The van der Waals surface area contributed by atoms with E-state index in [-0.39, 0.29) is 11.8 Å². The molecule has 0 unspecified atom stereocenters. The Kier molecular flexibility index (Phi) is 4.39. The summed E-state index contributed by atoms with van der Waals surface area (Å²) in [6, 6.07) is 0. The topological polar surface area (TPSA) is 55.1 Å². The Balaban J connectivity index is 2.17. The number of hydrogen-bond acceptors (Lipinski definition) is 2. The zero-order chi connectivity index (χ0) is 10.6. The summed E-state index contributed by atoms with van der Waals surface area (Å²) in [4.78, 5) is 11.3. The summed E-state index contributed by atoms with van der Waals surface area (Å²) >= 11 is 0. The second-order valence-electron chi connectivity index (χ2n) is 4.68. The van der Waals surface area contributed by atoms with Crippen molar-refractivity contribution in [2.75, 3.05) is 13.1 Å². The van der Waals surface area contributed by atoms with Crippen LogP contribution in [0.1, 0.15) is 33.1 Å². The second kappa shape index (κ2) is 5.35. The fourth-order valence-electron chi connectivity index (χ4n) is 2.03. The van der Waals surface area contributed by atoms with Crippen LogP contribution in [0.4, 0.5) is 0 Å². The van der Waals surface area contributed by atoms with Gasteiger partial charge in [0.15, 0.2) is 0 Å². The van der Waals surface area contributed by atoms with Crippen LogP contribution in [0.5, 0.6) is 0 Å². The molecule has 1 saturated carbocycles. The van der Waals surface area contributed by atoms with E-state index in [0.29, 0.717) is 11.8 Å². The normalized spacial score (nSPS) is 26.9. The summed E-state index contributed by atoms with van der Waals surface area (Å²) in [5.41, 5.74) is 5.61. The third kappa shape index (κ3) is 3.29. The van der Waals surface area contributed by atoms with E-state index in [4.69, 9.17) is 5.73 Å². The molecule has 1 rings (SSSR count). The third-order valence-corrected chi connectivity index (χ3v) is 3.07. The fraction of sp³-hybridized carbons (Fsp3) is 0.909. The van der Waals surface area contributed by atoms with Crippen molar-refractivity contribution < 1.29 is 4.79 Å². The van der Waals surface area contributed by atoms with E-state index in [1.54, 1.807) is 0 Å². The number of nitrogens with two attached hydrogens (primary N) is 1. The lowest BCUT2D eigenvalue weighted by Crippen LogP contribution is -2.31. The number of amides is 1. The molecule has 3 N–H and O–H groups in total. The van der Waals surface area contributed by atoms with Crippen molar-refractivity contribution in [2.45, 2.75) is 33.1 Å². The number of hydrogen-bond donors (Lipinski definition) is 2. The first-order valence-corrected chi connectivity index (χ1v) is 5.61. The second-order valence-corrected chi connectivity index (χ2v) is 4.68. The van der Waals surface area contributed by atoms with Gasteiger partial charge in [0.1, 0.15) is 0 Å². The van der Waals surface area contributed by atoms with Gasteiger partial charge in [0.2, 0.25) is 5.91 Å². The quantitative estimate of drug-likeness (QED) is 0.711. The minimum atomic E-state index is 0.0988. The molecule has 0 saturated heterocycles. The maximum absolute atomic E-state index is 11.3. The van der Waals surface area contributed by atoms with Gasteiger partial charge in [-0.1, -0.05) is 13.8 Å². The van der Waals surface area contributed by atoms with Gasteiger partial charge in [-0.15, -0.1) is 0 Å². The molecule has 3 nitrogen and oxygen atoms in total. The van der Waals surface area contributed by atoms with Gasteiger partial charge in [-0.2, -0.15) is 0 Å². The highest BCUT2D eigenvalue weighted by Crippen LogP contribution is 2.29. The molecule has 0 bridgehead atoms. The van der Waals surface area contributed by atoms with E-state index >= 15 is 0 Å². The number of nitrogens with one attached hydrogen (secondary N) is 1. The van der Waals surface area contributed by atoms with Crippen LogP contribution in [0.15, 0.2) is 0 Å². The molecule has 0 aromatic carbocycles. The van der Waals surface area contributed by atoms with Crippen LogP contribution in [-0.4, -0.2) is 19.0 Å². The van der Waals surface area contributed by atoms with E-state index in [1.807, 2.05) is 13.8 Å². The molecule has 0 heterocycles. The van der Waals surface area contributed by atoms with Crippen LogP contribution in [0.25, 0.3) is 0 Å². The van der Waals surface area contributed by atoms with Crippen molar-refractivity contribution in [3.63, 3.8) is 0 Å². The molecule has 1 amide bonds. The Morgan fingerprint density at radius 2 is 2.07 bits per heavy atom. The molecule has 0 aromatic rings. The van der Waals surface area contributed by atoms with E-state index in [0.717, 1.165) is 13.1 Å². The number of carbonyl (C=O) groups excluding carboxylic acids is 1. The molecule has 0 aliphatic heterocycles. The van der Waals surface area contributed by atoms with Crippen molar-refractivity contribution in [1.82, 2.24) is 5.32 Å². The average molecular weight is 198 g/mol. The van der Waals surface area contributed by atoms with Crippen molar-refractivity contribution in [2.24, 2.45) is 23.5 Å². The Hall–Kier alpha value is -0.570. The van der Waals surface area contributed by atoms with E-state index in [1.165, 1.54) is 19.3 Å². The third-order valence-electron chi connectivity index (χ3n) is 3.07. The summed E-state index contributed by atoms with van der Waals surface area (Å²) in [6.45, 7) is 5.49. The van der Waals surface area contributed by atoms with E-state index < -0.39 is 0 Å². The summed E-state index contributed by atoms with van der Waals surface area (Å²) < 4.78 is 0. The summed E-state index contributed by atoms with van der Waals surface area (Å²) in [5.74, 6) is 1.62. The maximum atomic E-state index is 11.3. The minimum absolute atomic E-state index is 0.0988. The van der Waals surface area contributed by atoms with Crippen LogP contribution in [0, 0.1) is 17.8 Å². The molecule has 0 radical (unpaired) electrons. The number of rotatable bonds is 4. The molecular weight excluding hydrogens is 176 g/mol. The van der Waals surface area contributed by atoms with Crippen LogP contribution < -0.4 is 11.1 Å². The predicted molar refractivity (Wildman–Crippen MR) is 57.7 cm³/mol. The monoisotopic (exact) mass is 198 g/mol. The van der Waals surface area contributed by atoms with Crippen LogP contribution >= 0.6 is 0 Å². The van der Waals surface area contributed by atoms with Gasteiger partial charge in [0.05, 0.1) is 0 Å². The molecule has 0 aromatic heterocycles. The molecule has 1 aliphatic carbocycles. The zero-order valence-electron chi connectivity index (χ0n) is 9.25. The first kappa shape index (κ1) is 11.5. The lowest BCUT2D eigenvalue weighted by molar-refractivity contribution is -0.124. The SMILES string of the molecule is CC(C)C(=O)NC[C@@H]1CC[C@@H](CN)C1. The molecule has 82 valence electrons. The first-order chi connectivity index (χ1) is 6.63. The highest BCUT2D eigenvalue weighted by molar-refractivity contribution is 5.77. The average Bonchev–Trinajstić information content (AvgIpc) is 2.61. The Morgan fingerprint density at radius 1 is 1.43 bits per heavy atom. The standard InChI is InChI=1S/C11H22N2O/c1-8(2)11(14)13-7-10-4-3-9(5-10)6-12/h8-10H,3-7,12H2,1-2H3,(H,13,14)/t9-,10-/m1/s1. The summed E-state index contributed by atoms with van der Waals surface area (Å²) in [6.07, 6.45) is 3.65. The fourth-order valence-corrected chi connectivity index (χ4v) is 2.03. The molecular formula is C11H22N2O. The van der Waals surface area contributed by atoms with Crippen LogP contribution in [-0.2, 0) is 4.79 Å². The van der Waals surface area contributed by atoms with E-state index in [9.17, 15) is 4.79 Å². The van der Waals surface area contributed by atoms with Crippen molar-refractivity contribution in [3.8, 4) is 0 Å². The van der Waals surface area contributed by atoms with Gasteiger partial charge >= 0.3 is 0 Å².